The summed E-state index contributed by atoms with van der Waals surface area (Å²) in [5.74, 6) is 0.666. The number of halogens is 4. The summed E-state index contributed by atoms with van der Waals surface area (Å²) in [6, 6.07) is 10.9. The zero-order valence-corrected chi connectivity index (χ0v) is 16.0. The number of benzene rings is 2. The van der Waals surface area contributed by atoms with E-state index in [4.69, 9.17) is 46.4 Å². The van der Waals surface area contributed by atoms with Crippen LogP contribution in [0.5, 0.6) is 0 Å². The van der Waals surface area contributed by atoms with Crippen molar-refractivity contribution in [3.05, 3.63) is 80.3 Å². The number of thioether (sulfide) groups is 1. The van der Waals surface area contributed by atoms with Gasteiger partial charge in [0.1, 0.15) is 18.0 Å². The first kappa shape index (κ1) is 17.9. The first-order valence-electron chi connectivity index (χ1n) is 6.89. The van der Waals surface area contributed by atoms with Crippen molar-refractivity contribution in [2.24, 2.45) is 0 Å². The molecule has 1 unspecified atom stereocenters. The van der Waals surface area contributed by atoms with Gasteiger partial charge in [0.15, 0.2) is 0 Å². The fourth-order valence-corrected chi connectivity index (χ4v) is 4.52. The summed E-state index contributed by atoms with van der Waals surface area (Å²) in [4.78, 5) is 4.03. The van der Waals surface area contributed by atoms with Gasteiger partial charge in [-0.15, -0.1) is 11.8 Å². The molecular weight excluding hydrogens is 408 g/mol. The molecule has 2 aromatic carbocycles. The van der Waals surface area contributed by atoms with Crippen LogP contribution < -0.4 is 0 Å². The molecule has 0 saturated heterocycles. The predicted molar refractivity (Wildman–Crippen MR) is 102 cm³/mol. The summed E-state index contributed by atoms with van der Waals surface area (Å²) in [5.41, 5.74) is 1.89. The zero-order chi connectivity index (χ0) is 17.1. The van der Waals surface area contributed by atoms with Crippen LogP contribution in [0.15, 0.2) is 49.1 Å². The van der Waals surface area contributed by atoms with E-state index in [1.807, 2.05) is 24.3 Å². The summed E-state index contributed by atoms with van der Waals surface area (Å²) >= 11 is 26.2. The zero-order valence-electron chi connectivity index (χ0n) is 12.2. The molecule has 0 radical (unpaired) electrons. The molecule has 0 amide bonds. The molecule has 0 spiro atoms. The smallest absolute Gasteiger partial charge is 0.137 e. The highest BCUT2D eigenvalue weighted by molar-refractivity contribution is 7.98. The summed E-state index contributed by atoms with van der Waals surface area (Å²) in [6.07, 6.45) is 3.15. The fourth-order valence-electron chi connectivity index (χ4n) is 2.16. The first-order chi connectivity index (χ1) is 11.5. The molecule has 8 heteroatoms. The Balaban J connectivity index is 1.88. The molecule has 0 fully saturated rings. The van der Waals surface area contributed by atoms with Gasteiger partial charge >= 0.3 is 0 Å². The van der Waals surface area contributed by atoms with E-state index in [0.29, 0.717) is 25.8 Å². The summed E-state index contributed by atoms with van der Waals surface area (Å²) in [6.45, 7) is 0. The second kappa shape index (κ2) is 7.98. The van der Waals surface area contributed by atoms with E-state index in [1.54, 1.807) is 34.9 Å². The van der Waals surface area contributed by atoms with E-state index in [2.05, 4.69) is 10.1 Å². The summed E-state index contributed by atoms with van der Waals surface area (Å²) < 4.78 is 1.75. The lowest BCUT2D eigenvalue weighted by Gasteiger charge is -2.19. The fraction of sp³-hybridized carbons (Fsp3) is 0.125. The molecule has 1 atom stereocenters. The average Bonchev–Trinajstić information content (AvgIpc) is 3.05. The molecule has 1 heterocycles. The van der Waals surface area contributed by atoms with Crippen LogP contribution in [0, 0.1) is 0 Å². The number of aromatic nitrogens is 3. The number of nitrogens with zero attached hydrogens (tertiary/aromatic N) is 3. The minimum atomic E-state index is -0.149. The van der Waals surface area contributed by atoms with Gasteiger partial charge in [-0.1, -0.05) is 58.5 Å². The molecule has 0 N–H and O–H groups in total. The van der Waals surface area contributed by atoms with Crippen molar-refractivity contribution in [3.63, 3.8) is 0 Å². The Bertz CT molecular complexity index is 839. The third-order valence-corrected chi connectivity index (χ3v) is 5.73. The van der Waals surface area contributed by atoms with Gasteiger partial charge in [-0.3, -0.25) is 0 Å². The van der Waals surface area contributed by atoms with Crippen LogP contribution in [-0.4, -0.2) is 14.8 Å². The van der Waals surface area contributed by atoms with Crippen molar-refractivity contribution >= 4 is 58.2 Å². The molecule has 0 aliphatic heterocycles. The molecule has 0 saturated carbocycles. The van der Waals surface area contributed by atoms with Crippen LogP contribution in [-0.2, 0) is 5.75 Å². The number of hydrogen-bond donors (Lipinski definition) is 0. The second-order valence-electron chi connectivity index (χ2n) is 4.94. The molecule has 3 rings (SSSR count). The highest BCUT2D eigenvalue weighted by Gasteiger charge is 2.19. The quantitative estimate of drug-likeness (QED) is 0.482. The van der Waals surface area contributed by atoms with Crippen molar-refractivity contribution in [2.75, 3.05) is 0 Å². The molecule has 0 aliphatic rings. The van der Waals surface area contributed by atoms with E-state index in [0.717, 1.165) is 11.1 Å². The lowest BCUT2D eigenvalue weighted by atomic mass is 10.2. The minimum absolute atomic E-state index is 0.149. The predicted octanol–water partition coefficient (Wildman–Crippen LogP) is 6.37. The van der Waals surface area contributed by atoms with E-state index < -0.39 is 0 Å². The minimum Gasteiger partial charge on any atom is -0.235 e. The highest BCUT2D eigenvalue weighted by atomic mass is 35.5. The van der Waals surface area contributed by atoms with Crippen LogP contribution in [0.2, 0.25) is 20.1 Å². The molecular formula is C16H11Cl4N3S. The average molecular weight is 419 g/mol. The van der Waals surface area contributed by atoms with Crippen molar-refractivity contribution in [1.82, 2.24) is 14.8 Å². The normalized spacial score (nSPS) is 12.3. The second-order valence-corrected chi connectivity index (χ2v) is 7.70. The summed E-state index contributed by atoms with van der Waals surface area (Å²) in [5, 5.41) is 6.51. The van der Waals surface area contributed by atoms with Crippen LogP contribution in [0.4, 0.5) is 0 Å². The van der Waals surface area contributed by atoms with Crippen LogP contribution >= 0.6 is 58.2 Å². The van der Waals surface area contributed by atoms with Gasteiger partial charge in [0, 0.05) is 31.4 Å². The molecule has 24 heavy (non-hydrogen) atoms. The Kier molecular flexibility index (Phi) is 5.95. The monoisotopic (exact) mass is 417 g/mol. The standard InChI is InChI=1S/C16H11Cl4N3S/c17-11-2-1-10(14(19)5-11)7-24-16(23-9-21-8-22-23)13-4-3-12(18)6-15(13)20/h1-6,8-9,16H,7H2. The first-order valence-corrected chi connectivity index (χ1v) is 9.45. The topological polar surface area (TPSA) is 30.7 Å². The third kappa shape index (κ3) is 4.19. The molecule has 0 bridgehead atoms. The molecule has 3 nitrogen and oxygen atoms in total. The maximum atomic E-state index is 6.37. The van der Waals surface area contributed by atoms with Gasteiger partial charge in [-0.2, -0.15) is 5.10 Å². The maximum Gasteiger partial charge on any atom is 0.137 e. The van der Waals surface area contributed by atoms with Gasteiger partial charge in [0.05, 0.1) is 0 Å². The van der Waals surface area contributed by atoms with E-state index in [-0.39, 0.29) is 5.37 Å². The Morgan fingerprint density at radius 2 is 1.67 bits per heavy atom. The molecule has 1 aromatic heterocycles. The lowest BCUT2D eigenvalue weighted by Crippen LogP contribution is -2.09. The van der Waals surface area contributed by atoms with Gasteiger partial charge in [0.2, 0.25) is 0 Å². The van der Waals surface area contributed by atoms with Crippen LogP contribution in [0.3, 0.4) is 0 Å². The lowest BCUT2D eigenvalue weighted by molar-refractivity contribution is 0.668. The van der Waals surface area contributed by atoms with E-state index in [1.165, 1.54) is 6.33 Å². The van der Waals surface area contributed by atoms with Gasteiger partial charge in [0.25, 0.3) is 0 Å². The van der Waals surface area contributed by atoms with Crippen molar-refractivity contribution in [3.8, 4) is 0 Å². The van der Waals surface area contributed by atoms with Crippen molar-refractivity contribution < 1.29 is 0 Å². The largest absolute Gasteiger partial charge is 0.235 e. The van der Waals surface area contributed by atoms with Gasteiger partial charge in [-0.05, 0) is 29.8 Å². The molecule has 0 aliphatic carbocycles. The Labute approximate surface area is 163 Å². The van der Waals surface area contributed by atoms with Crippen molar-refractivity contribution in [2.45, 2.75) is 11.1 Å². The number of rotatable bonds is 5. The van der Waals surface area contributed by atoms with E-state index in [9.17, 15) is 0 Å². The number of hydrogen-bond acceptors (Lipinski definition) is 3. The highest BCUT2D eigenvalue weighted by Crippen LogP contribution is 2.38. The van der Waals surface area contributed by atoms with E-state index >= 15 is 0 Å². The van der Waals surface area contributed by atoms with Gasteiger partial charge in [-0.25, -0.2) is 9.67 Å². The third-order valence-electron chi connectivity index (χ3n) is 3.32. The summed E-state index contributed by atoms with van der Waals surface area (Å²) in [7, 11) is 0. The SMILES string of the molecule is Clc1ccc(CSC(c2ccc(Cl)cc2Cl)n2cncn2)c(Cl)c1. The van der Waals surface area contributed by atoms with Gasteiger partial charge < -0.3 is 0 Å². The van der Waals surface area contributed by atoms with Crippen LogP contribution in [0.25, 0.3) is 0 Å². The Morgan fingerprint density at radius 3 is 2.29 bits per heavy atom. The Hall–Kier alpha value is -0.910. The molecule has 124 valence electrons. The van der Waals surface area contributed by atoms with Crippen LogP contribution in [0.1, 0.15) is 16.5 Å². The molecule has 3 aromatic rings. The Morgan fingerprint density at radius 1 is 0.958 bits per heavy atom. The van der Waals surface area contributed by atoms with Crippen molar-refractivity contribution in [1.29, 1.82) is 0 Å². The maximum absolute atomic E-state index is 6.37.